The maximum absolute atomic E-state index is 5.50. The summed E-state index contributed by atoms with van der Waals surface area (Å²) in [5, 5.41) is 4.12. The second kappa shape index (κ2) is 7.14. The maximum atomic E-state index is 5.50. The predicted octanol–water partition coefficient (Wildman–Crippen LogP) is 1.07. The minimum atomic E-state index is 0.622. The molecule has 0 radical (unpaired) electrons. The standard InChI is InChI=1S/C11H20N4O/c1-3-15-11(13-9-14-15)7-10(8-16-2)5-4-6-12/h7,9H,3-6,8,12H2,1-2H3/b10-7-. The molecular weight excluding hydrogens is 204 g/mol. The van der Waals surface area contributed by atoms with Crippen molar-refractivity contribution in [1.29, 1.82) is 0 Å². The summed E-state index contributed by atoms with van der Waals surface area (Å²) >= 11 is 0. The van der Waals surface area contributed by atoms with E-state index in [-0.39, 0.29) is 0 Å². The van der Waals surface area contributed by atoms with E-state index in [1.807, 2.05) is 17.7 Å². The van der Waals surface area contributed by atoms with Gasteiger partial charge in [-0.3, -0.25) is 0 Å². The molecule has 16 heavy (non-hydrogen) atoms. The molecule has 0 aliphatic rings. The van der Waals surface area contributed by atoms with Gasteiger partial charge in [0, 0.05) is 13.7 Å². The summed E-state index contributed by atoms with van der Waals surface area (Å²) in [6.07, 6.45) is 5.52. The summed E-state index contributed by atoms with van der Waals surface area (Å²) in [4.78, 5) is 4.21. The molecule has 0 spiro atoms. The Kier molecular flexibility index (Phi) is 5.74. The lowest BCUT2D eigenvalue weighted by Crippen LogP contribution is -2.04. The molecule has 0 bridgehead atoms. The molecule has 90 valence electrons. The third-order valence-corrected chi connectivity index (χ3v) is 2.31. The molecule has 0 aromatic carbocycles. The molecule has 0 saturated carbocycles. The van der Waals surface area contributed by atoms with Crippen LogP contribution in [0.5, 0.6) is 0 Å². The van der Waals surface area contributed by atoms with Crippen molar-refractivity contribution in [2.45, 2.75) is 26.3 Å². The Morgan fingerprint density at radius 2 is 2.44 bits per heavy atom. The Morgan fingerprint density at radius 3 is 3.06 bits per heavy atom. The van der Waals surface area contributed by atoms with E-state index in [9.17, 15) is 0 Å². The van der Waals surface area contributed by atoms with Crippen molar-refractivity contribution in [2.75, 3.05) is 20.3 Å². The van der Waals surface area contributed by atoms with Crippen LogP contribution >= 0.6 is 0 Å². The average Bonchev–Trinajstić information content (AvgIpc) is 2.73. The Balaban J connectivity index is 2.75. The lowest BCUT2D eigenvalue weighted by atomic mass is 10.1. The highest BCUT2D eigenvalue weighted by atomic mass is 16.5. The van der Waals surface area contributed by atoms with Gasteiger partial charge in [-0.15, -0.1) is 0 Å². The summed E-state index contributed by atoms with van der Waals surface area (Å²) in [6.45, 7) is 4.18. The fourth-order valence-corrected chi connectivity index (χ4v) is 1.51. The molecule has 5 heteroatoms. The lowest BCUT2D eigenvalue weighted by molar-refractivity contribution is 0.223. The summed E-state index contributed by atoms with van der Waals surface area (Å²) in [5.74, 6) is 0.881. The van der Waals surface area contributed by atoms with E-state index >= 15 is 0 Å². The molecule has 0 fully saturated rings. The predicted molar refractivity (Wildman–Crippen MR) is 63.8 cm³/mol. The van der Waals surface area contributed by atoms with Gasteiger partial charge in [-0.25, -0.2) is 9.67 Å². The van der Waals surface area contributed by atoms with Crippen LogP contribution in [-0.4, -0.2) is 35.0 Å². The zero-order chi connectivity index (χ0) is 11.8. The Morgan fingerprint density at radius 1 is 1.62 bits per heavy atom. The maximum Gasteiger partial charge on any atom is 0.150 e. The van der Waals surface area contributed by atoms with E-state index in [1.165, 1.54) is 5.57 Å². The quantitative estimate of drug-likeness (QED) is 0.752. The van der Waals surface area contributed by atoms with Crippen molar-refractivity contribution < 1.29 is 4.74 Å². The van der Waals surface area contributed by atoms with E-state index in [2.05, 4.69) is 10.1 Å². The van der Waals surface area contributed by atoms with E-state index in [0.29, 0.717) is 13.2 Å². The Hall–Kier alpha value is -1.20. The van der Waals surface area contributed by atoms with Gasteiger partial charge in [-0.2, -0.15) is 5.10 Å². The van der Waals surface area contributed by atoms with Gasteiger partial charge in [-0.05, 0) is 38.0 Å². The van der Waals surface area contributed by atoms with Crippen LogP contribution in [0.25, 0.3) is 6.08 Å². The number of methoxy groups -OCH3 is 1. The molecule has 0 amide bonds. The van der Waals surface area contributed by atoms with Crippen LogP contribution in [0.3, 0.4) is 0 Å². The summed E-state index contributed by atoms with van der Waals surface area (Å²) < 4.78 is 7.02. The highest BCUT2D eigenvalue weighted by Gasteiger charge is 2.02. The molecule has 1 aromatic rings. The zero-order valence-corrected chi connectivity index (χ0v) is 10.0. The number of nitrogens with two attached hydrogens (primary N) is 1. The van der Waals surface area contributed by atoms with Crippen LogP contribution in [0.15, 0.2) is 11.9 Å². The van der Waals surface area contributed by atoms with Gasteiger partial charge in [0.2, 0.25) is 0 Å². The first-order chi connectivity index (χ1) is 7.81. The van der Waals surface area contributed by atoms with Crippen LogP contribution in [0, 0.1) is 0 Å². The fourth-order valence-electron chi connectivity index (χ4n) is 1.51. The van der Waals surface area contributed by atoms with Crippen molar-refractivity contribution in [3.05, 3.63) is 17.7 Å². The second-order valence-electron chi connectivity index (χ2n) is 3.56. The number of aryl methyl sites for hydroxylation is 1. The molecule has 0 unspecified atom stereocenters. The smallest absolute Gasteiger partial charge is 0.150 e. The second-order valence-corrected chi connectivity index (χ2v) is 3.56. The van der Waals surface area contributed by atoms with Crippen molar-refractivity contribution in [3.63, 3.8) is 0 Å². The van der Waals surface area contributed by atoms with E-state index in [0.717, 1.165) is 25.2 Å². The first-order valence-electron chi connectivity index (χ1n) is 5.58. The molecule has 0 atom stereocenters. The van der Waals surface area contributed by atoms with Crippen molar-refractivity contribution in [1.82, 2.24) is 14.8 Å². The summed E-state index contributed by atoms with van der Waals surface area (Å²) in [6, 6.07) is 0. The first-order valence-corrected chi connectivity index (χ1v) is 5.58. The summed E-state index contributed by atoms with van der Waals surface area (Å²) in [7, 11) is 1.70. The molecule has 1 rings (SSSR count). The third-order valence-electron chi connectivity index (χ3n) is 2.31. The van der Waals surface area contributed by atoms with Gasteiger partial charge in [-0.1, -0.05) is 0 Å². The van der Waals surface area contributed by atoms with Crippen LogP contribution in [0.4, 0.5) is 0 Å². The molecule has 2 N–H and O–H groups in total. The molecular formula is C11H20N4O. The van der Waals surface area contributed by atoms with Crippen LogP contribution < -0.4 is 5.73 Å². The van der Waals surface area contributed by atoms with Gasteiger partial charge in [0.25, 0.3) is 0 Å². The third kappa shape index (κ3) is 3.75. The van der Waals surface area contributed by atoms with E-state index in [1.54, 1.807) is 13.4 Å². The monoisotopic (exact) mass is 224 g/mol. The number of rotatable bonds is 7. The molecule has 0 aliphatic carbocycles. The van der Waals surface area contributed by atoms with E-state index < -0.39 is 0 Å². The van der Waals surface area contributed by atoms with Crippen molar-refractivity contribution >= 4 is 6.08 Å². The zero-order valence-electron chi connectivity index (χ0n) is 10.0. The number of hydrogen-bond acceptors (Lipinski definition) is 4. The number of ether oxygens (including phenoxy) is 1. The van der Waals surface area contributed by atoms with Gasteiger partial charge in [0.15, 0.2) is 5.82 Å². The van der Waals surface area contributed by atoms with Crippen LogP contribution in [0.1, 0.15) is 25.6 Å². The first kappa shape index (κ1) is 12.9. The van der Waals surface area contributed by atoms with Crippen molar-refractivity contribution in [3.8, 4) is 0 Å². The molecule has 0 aliphatic heterocycles. The Bertz CT molecular complexity index is 332. The minimum Gasteiger partial charge on any atom is -0.380 e. The highest BCUT2D eigenvalue weighted by molar-refractivity contribution is 5.45. The largest absolute Gasteiger partial charge is 0.380 e. The van der Waals surface area contributed by atoms with Crippen molar-refractivity contribution in [2.24, 2.45) is 5.73 Å². The van der Waals surface area contributed by atoms with Gasteiger partial charge >= 0.3 is 0 Å². The number of aromatic nitrogens is 3. The normalized spacial score (nSPS) is 12.1. The van der Waals surface area contributed by atoms with Crippen LogP contribution in [0.2, 0.25) is 0 Å². The van der Waals surface area contributed by atoms with Gasteiger partial charge in [0.05, 0.1) is 6.61 Å². The van der Waals surface area contributed by atoms with E-state index in [4.69, 9.17) is 10.5 Å². The fraction of sp³-hybridized carbons (Fsp3) is 0.636. The minimum absolute atomic E-state index is 0.622. The topological polar surface area (TPSA) is 66.0 Å². The number of hydrogen-bond donors (Lipinski definition) is 1. The lowest BCUT2D eigenvalue weighted by Gasteiger charge is -2.06. The average molecular weight is 224 g/mol. The van der Waals surface area contributed by atoms with Gasteiger partial charge < -0.3 is 10.5 Å². The number of nitrogens with zero attached hydrogens (tertiary/aromatic N) is 3. The molecule has 5 nitrogen and oxygen atoms in total. The molecule has 1 aromatic heterocycles. The SMILES string of the molecule is CCn1ncnc1/C=C(/CCCN)COC. The highest BCUT2D eigenvalue weighted by Crippen LogP contribution is 2.10. The summed E-state index contributed by atoms with van der Waals surface area (Å²) in [5.41, 5.74) is 6.71. The molecule has 0 saturated heterocycles. The Labute approximate surface area is 96.3 Å². The molecule has 1 heterocycles. The van der Waals surface area contributed by atoms with Crippen LogP contribution in [-0.2, 0) is 11.3 Å². The van der Waals surface area contributed by atoms with Gasteiger partial charge in [0.1, 0.15) is 6.33 Å².